The van der Waals surface area contributed by atoms with Crippen LogP contribution in [0.1, 0.15) is 19.3 Å². The van der Waals surface area contributed by atoms with Gasteiger partial charge in [0.25, 0.3) is 0 Å². The van der Waals surface area contributed by atoms with Crippen molar-refractivity contribution in [1.82, 2.24) is 5.32 Å². The number of nitrogens with zero attached hydrogens (tertiary/aromatic N) is 1. The van der Waals surface area contributed by atoms with Crippen molar-refractivity contribution in [2.45, 2.75) is 31.7 Å². The fourth-order valence-electron chi connectivity index (χ4n) is 1.13. The maximum Gasteiger partial charge on any atom is 0.522 e. The number of aliphatic imine (C=N–C) groups is 1. The number of hydrogen-bond donors (Lipinski definition) is 2. The fraction of sp³-hybridized carbons (Fsp3) is 0.875. The summed E-state index contributed by atoms with van der Waals surface area (Å²) in [6.07, 6.45) is -1.36. The van der Waals surface area contributed by atoms with Crippen molar-refractivity contribution in [3.05, 3.63) is 0 Å². The maximum absolute atomic E-state index is 11.5. The van der Waals surface area contributed by atoms with Crippen molar-refractivity contribution in [1.29, 1.82) is 0 Å². The van der Waals surface area contributed by atoms with Gasteiger partial charge in [0.2, 0.25) is 0 Å². The number of nitrogens with two attached hydrogens (primary N) is 1. The normalized spacial score (nSPS) is 18.7. The summed E-state index contributed by atoms with van der Waals surface area (Å²) in [4.78, 5) is 3.71. The Balaban J connectivity index is 2.08. The highest BCUT2D eigenvalue weighted by Crippen LogP contribution is 2.17. The average Bonchev–Trinajstić information content (AvgIpc) is 2.04. The van der Waals surface area contributed by atoms with Crippen LogP contribution in [-0.4, -0.2) is 31.5 Å². The number of hydrogen-bond acceptors (Lipinski definition) is 2. The van der Waals surface area contributed by atoms with Gasteiger partial charge in [-0.15, -0.1) is 13.2 Å². The Kier molecular flexibility index (Phi) is 4.19. The largest absolute Gasteiger partial charge is 0.522 e. The highest BCUT2D eigenvalue weighted by molar-refractivity contribution is 5.78. The molecule has 1 aliphatic rings. The number of alkyl halides is 3. The first-order valence-corrected chi connectivity index (χ1v) is 4.74. The standard InChI is InChI=1S/C8H14F3N3O/c9-8(10,11)15-5-4-13-7(12)14-6-2-1-3-6/h6H,1-5H2,(H3,12,13,14). The van der Waals surface area contributed by atoms with Crippen molar-refractivity contribution in [2.75, 3.05) is 13.2 Å². The number of halogens is 3. The third-order valence-electron chi connectivity index (χ3n) is 2.10. The van der Waals surface area contributed by atoms with E-state index in [1.165, 1.54) is 0 Å². The van der Waals surface area contributed by atoms with E-state index in [0.29, 0.717) is 6.04 Å². The van der Waals surface area contributed by atoms with E-state index >= 15 is 0 Å². The Hall–Kier alpha value is -0.980. The molecule has 0 aromatic heterocycles. The van der Waals surface area contributed by atoms with Crippen molar-refractivity contribution < 1.29 is 17.9 Å². The average molecular weight is 225 g/mol. The molecular weight excluding hydrogens is 211 g/mol. The maximum atomic E-state index is 11.5. The minimum absolute atomic E-state index is 0.0922. The minimum Gasteiger partial charge on any atom is -0.370 e. The van der Waals surface area contributed by atoms with Gasteiger partial charge in [-0.05, 0) is 19.3 Å². The zero-order valence-electron chi connectivity index (χ0n) is 8.18. The van der Waals surface area contributed by atoms with Gasteiger partial charge < -0.3 is 11.1 Å². The molecule has 88 valence electrons. The summed E-state index contributed by atoms with van der Waals surface area (Å²) in [5.74, 6) is 0.186. The molecule has 0 radical (unpaired) electrons. The second kappa shape index (κ2) is 5.20. The van der Waals surface area contributed by atoms with E-state index in [2.05, 4.69) is 15.0 Å². The monoisotopic (exact) mass is 225 g/mol. The molecule has 7 heteroatoms. The van der Waals surface area contributed by atoms with E-state index in [4.69, 9.17) is 5.73 Å². The van der Waals surface area contributed by atoms with E-state index < -0.39 is 13.0 Å². The van der Waals surface area contributed by atoms with Crippen LogP contribution in [-0.2, 0) is 4.74 Å². The van der Waals surface area contributed by atoms with Crippen LogP contribution in [0.5, 0.6) is 0 Å². The van der Waals surface area contributed by atoms with Gasteiger partial charge in [0.15, 0.2) is 5.96 Å². The summed E-state index contributed by atoms with van der Waals surface area (Å²) >= 11 is 0. The predicted octanol–water partition coefficient (Wildman–Crippen LogP) is 0.980. The first-order chi connectivity index (χ1) is 6.97. The number of rotatable bonds is 4. The van der Waals surface area contributed by atoms with E-state index in [9.17, 15) is 13.2 Å². The molecule has 1 fully saturated rings. The SMILES string of the molecule is NC(=NCCOC(F)(F)F)NC1CCC1. The van der Waals surface area contributed by atoms with Crippen LogP contribution in [0.25, 0.3) is 0 Å². The number of ether oxygens (including phenoxy) is 1. The Morgan fingerprint density at radius 2 is 2.13 bits per heavy atom. The van der Waals surface area contributed by atoms with Crippen molar-refractivity contribution in [3.8, 4) is 0 Å². The molecule has 1 aliphatic carbocycles. The van der Waals surface area contributed by atoms with Gasteiger partial charge in [0.05, 0.1) is 13.2 Å². The van der Waals surface area contributed by atoms with Crippen LogP contribution in [0.3, 0.4) is 0 Å². The van der Waals surface area contributed by atoms with Crippen LogP contribution in [0, 0.1) is 0 Å². The molecule has 0 aromatic carbocycles. The van der Waals surface area contributed by atoms with E-state index in [1.54, 1.807) is 0 Å². The fourth-order valence-corrected chi connectivity index (χ4v) is 1.13. The molecular formula is C8H14F3N3O. The highest BCUT2D eigenvalue weighted by Gasteiger charge is 2.28. The Morgan fingerprint density at radius 3 is 2.60 bits per heavy atom. The zero-order valence-corrected chi connectivity index (χ0v) is 8.18. The molecule has 0 saturated heterocycles. The predicted molar refractivity (Wildman–Crippen MR) is 49.3 cm³/mol. The molecule has 0 spiro atoms. The Morgan fingerprint density at radius 1 is 1.47 bits per heavy atom. The molecule has 4 nitrogen and oxygen atoms in total. The molecule has 0 unspecified atom stereocenters. The summed E-state index contributed by atoms with van der Waals surface area (Å²) in [6, 6.07) is 0.331. The van der Waals surface area contributed by atoms with E-state index in [1.807, 2.05) is 0 Å². The first-order valence-electron chi connectivity index (χ1n) is 4.74. The lowest BCUT2D eigenvalue weighted by Gasteiger charge is -2.26. The van der Waals surface area contributed by atoms with E-state index in [0.717, 1.165) is 19.3 Å². The van der Waals surface area contributed by atoms with Gasteiger partial charge in [-0.1, -0.05) is 0 Å². The van der Waals surface area contributed by atoms with Crippen LogP contribution in [0.4, 0.5) is 13.2 Å². The first kappa shape index (κ1) is 12.1. The lowest BCUT2D eigenvalue weighted by molar-refractivity contribution is -0.323. The summed E-state index contributed by atoms with van der Waals surface area (Å²) in [5.41, 5.74) is 5.44. The quantitative estimate of drug-likeness (QED) is 0.426. The lowest BCUT2D eigenvalue weighted by Crippen LogP contribution is -2.43. The summed E-state index contributed by atoms with van der Waals surface area (Å²) in [5, 5.41) is 2.90. The second-order valence-corrected chi connectivity index (χ2v) is 3.33. The highest BCUT2D eigenvalue weighted by atomic mass is 19.4. The van der Waals surface area contributed by atoms with Crippen LogP contribution in [0.15, 0.2) is 4.99 Å². The van der Waals surface area contributed by atoms with Gasteiger partial charge in [0.1, 0.15) is 0 Å². The third-order valence-corrected chi connectivity index (χ3v) is 2.10. The topological polar surface area (TPSA) is 59.6 Å². The smallest absolute Gasteiger partial charge is 0.370 e. The molecule has 3 N–H and O–H groups in total. The summed E-state index contributed by atoms with van der Waals surface area (Å²) in [7, 11) is 0. The number of guanidine groups is 1. The molecule has 1 saturated carbocycles. The van der Waals surface area contributed by atoms with Gasteiger partial charge in [-0.25, -0.2) is 0 Å². The Bertz CT molecular complexity index is 226. The molecule has 0 aliphatic heterocycles. The molecule has 0 heterocycles. The van der Waals surface area contributed by atoms with Crippen LogP contribution in [0.2, 0.25) is 0 Å². The third kappa shape index (κ3) is 5.46. The molecule has 0 amide bonds. The van der Waals surface area contributed by atoms with Gasteiger partial charge in [-0.3, -0.25) is 9.73 Å². The molecule has 1 rings (SSSR count). The number of nitrogens with one attached hydrogen (secondary N) is 1. The van der Waals surface area contributed by atoms with Crippen molar-refractivity contribution in [3.63, 3.8) is 0 Å². The van der Waals surface area contributed by atoms with E-state index in [-0.39, 0.29) is 12.5 Å². The molecule has 15 heavy (non-hydrogen) atoms. The van der Waals surface area contributed by atoms with Crippen molar-refractivity contribution in [2.24, 2.45) is 10.7 Å². The van der Waals surface area contributed by atoms with Gasteiger partial charge in [-0.2, -0.15) is 0 Å². The van der Waals surface area contributed by atoms with Crippen LogP contribution < -0.4 is 11.1 Å². The summed E-state index contributed by atoms with van der Waals surface area (Å²) < 4.78 is 38.1. The molecule has 0 bridgehead atoms. The molecule has 0 aromatic rings. The minimum atomic E-state index is -4.59. The second-order valence-electron chi connectivity index (χ2n) is 3.33. The van der Waals surface area contributed by atoms with Gasteiger partial charge >= 0.3 is 6.36 Å². The van der Waals surface area contributed by atoms with Crippen LogP contribution >= 0.6 is 0 Å². The summed E-state index contributed by atoms with van der Waals surface area (Å²) in [6.45, 7) is -0.596. The lowest BCUT2D eigenvalue weighted by atomic mass is 9.93. The molecule has 0 atom stereocenters. The Labute approximate surface area is 85.7 Å². The zero-order chi connectivity index (χ0) is 11.3. The van der Waals surface area contributed by atoms with Crippen molar-refractivity contribution >= 4 is 5.96 Å². The van der Waals surface area contributed by atoms with Gasteiger partial charge in [0, 0.05) is 6.04 Å².